The van der Waals surface area contributed by atoms with Gasteiger partial charge in [-0.05, 0) is 39.8 Å². The fourth-order valence-electron chi connectivity index (χ4n) is 1.97. The zero-order chi connectivity index (χ0) is 14.7. The van der Waals surface area contributed by atoms with Crippen LogP contribution in [0, 0.1) is 0 Å². The molecule has 0 saturated carbocycles. The van der Waals surface area contributed by atoms with E-state index in [1.165, 1.54) is 5.57 Å². The molecule has 1 aromatic heterocycles. The molecule has 0 N–H and O–H groups in total. The van der Waals surface area contributed by atoms with Crippen molar-refractivity contribution < 1.29 is 0 Å². The predicted molar refractivity (Wildman–Crippen MR) is 86.5 cm³/mol. The van der Waals surface area contributed by atoms with Gasteiger partial charge in [0.15, 0.2) is 5.16 Å². The average Bonchev–Trinajstić information content (AvgIpc) is 2.38. The molecule has 4 heteroatoms. The minimum Gasteiger partial charge on any atom is -0.285 e. The summed E-state index contributed by atoms with van der Waals surface area (Å²) in [5.74, 6) is 0.833. The van der Waals surface area contributed by atoms with E-state index in [1.807, 2.05) is 38.1 Å². The lowest BCUT2D eigenvalue weighted by Gasteiger charge is -2.15. The molecular weight excluding hydrogens is 268 g/mol. The standard InChI is InChI=1S/C16H20N2OS/c1-11(2)9-10-20-16-17-14-8-6-5-7-13(14)15(19)18(16)12(3)4/h5-9,12H,10H2,1-4H3. The van der Waals surface area contributed by atoms with Crippen molar-refractivity contribution in [3.8, 4) is 0 Å². The van der Waals surface area contributed by atoms with Gasteiger partial charge in [0.1, 0.15) is 0 Å². The van der Waals surface area contributed by atoms with Crippen LogP contribution in [0.3, 0.4) is 0 Å². The van der Waals surface area contributed by atoms with Crippen molar-refractivity contribution in [3.05, 3.63) is 46.3 Å². The van der Waals surface area contributed by atoms with Gasteiger partial charge in [-0.15, -0.1) is 0 Å². The van der Waals surface area contributed by atoms with Crippen molar-refractivity contribution in [2.24, 2.45) is 0 Å². The van der Waals surface area contributed by atoms with E-state index in [9.17, 15) is 4.79 Å². The van der Waals surface area contributed by atoms with Crippen LogP contribution in [0.5, 0.6) is 0 Å². The van der Waals surface area contributed by atoms with Crippen LogP contribution < -0.4 is 5.56 Å². The average molecular weight is 288 g/mol. The van der Waals surface area contributed by atoms with Crippen LogP contribution >= 0.6 is 11.8 Å². The Morgan fingerprint density at radius 1 is 1.35 bits per heavy atom. The smallest absolute Gasteiger partial charge is 0.262 e. The Morgan fingerprint density at radius 3 is 2.70 bits per heavy atom. The van der Waals surface area contributed by atoms with E-state index in [-0.39, 0.29) is 11.6 Å². The SMILES string of the molecule is CC(C)=CCSc1nc2ccccc2c(=O)n1C(C)C. The molecule has 0 spiro atoms. The molecule has 0 fully saturated rings. The van der Waals surface area contributed by atoms with Crippen molar-refractivity contribution in [2.75, 3.05) is 5.75 Å². The number of rotatable bonds is 4. The fraction of sp³-hybridized carbons (Fsp3) is 0.375. The summed E-state index contributed by atoms with van der Waals surface area (Å²) in [4.78, 5) is 17.2. The largest absolute Gasteiger partial charge is 0.285 e. The Hall–Kier alpha value is -1.55. The minimum absolute atomic E-state index is 0.0466. The Balaban J connectivity index is 2.54. The van der Waals surface area contributed by atoms with Crippen LogP contribution in [0.1, 0.15) is 33.7 Å². The zero-order valence-corrected chi connectivity index (χ0v) is 13.2. The monoisotopic (exact) mass is 288 g/mol. The van der Waals surface area contributed by atoms with Gasteiger partial charge in [0.25, 0.3) is 5.56 Å². The van der Waals surface area contributed by atoms with Gasteiger partial charge in [-0.1, -0.05) is 35.5 Å². The summed E-state index contributed by atoms with van der Waals surface area (Å²) < 4.78 is 1.78. The molecule has 106 valence electrons. The molecule has 0 radical (unpaired) electrons. The van der Waals surface area contributed by atoms with Crippen LogP contribution in [0.4, 0.5) is 0 Å². The predicted octanol–water partition coefficient (Wildman–Crippen LogP) is 4.04. The van der Waals surface area contributed by atoms with Crippen LogP contribution in [0.2, 0.25) is 0 Å². The number of aromatic nitrogens is 2. The molecule has 0 bridgehead atoms. The van der Waals surface area contributed by atoms with Gasteiger partial charge in [-0.3, -0.25) is 9.36 Å². The third-order valence-electron chi connectivity index (χ3n) is 3.00. The first kappa shape index (κ1) is 14.9. The van der Waals surface area contributed by atoms with E-state index in [1.54, 1.807) is 16.3 Å². The maximum atomic E-state index is 12.6. The first-order chi connectivity index (χ1) is 9.50. The summed E-state index contributed by atoms with van der Waals surface area (Å²) >= 11 is 1.61. The van der Waals surface area contributed by atoms with E-state index in [2.05, 4.69) is 24.9 Å². The van der Waals surface area contributed by atoms with E-state index in [0.717, 1.165) is 16.4 Å². The highest BCUT2D eigenvalue weighted by atomic mass is 32.2. The number of hydrogen-bond donors (Lipinski definition) is 0. The van der Waals surface area contributed by atoms with E-state index in [0.29, 0.717) is 5.39 Å². The van der Waals surface area contributed by atoms with Crippen molar-refractivity contribution in [2.45, 2.75) is 38.9 Å². The van der Waals surface area contributed by atoms with Crippen LogP contribution in [0.25, 0.3) is 10.9 Å². The summed E-state index contributed by atoms with van der Waals surface area (Å²) in [7, 11) is 0. The van der Waals surface area contributed by atoms with Gasteiger partial charge >= 0.3 is 0 Å². The Morgan fingerprint density at radius 2 is 2.05 bits per heavy atom. The maximum Gasteiger partial charge on any atom is 0.262 e. The molecular formula is C16H20N2OS. The third-order valence-corrected chi connectivity index (χ3v) is 3.88. The maximum absolute atomic E-state index is 12.6. The van der Waals surface area contributed by atoms with Gasteiger partial charge in [0.05, 0.1) is 10.9 Å². The van der Waals surface area contributed by atoms with Gasteiger partial charge < -0.3 is 0 Å². The molecule has 2 aromatic rings. The van der Waals surface area contributed by atoms with Crippen LogP contribution in [0.15, 0.2) is 45.9 Å². The lowest BCUT2D eigenvalue weighted by molar-refractivity contribution is 0.519. The normalized spacial score (nSPS) is 11.1. The second-order valence-electron chi connectivity index (χ2n) is 5.27. The number of benzene rings is 1. The lowest BCUT2D eigenvalue weighted by Crippen LogP contribution is -2.25. The second-order valence-corrected chi connectivity index (χ2v) is 6.26. The summed E-state index contributed by atoms with van der Waals surface area (Å²) in [6.45, 7) is 8.18. The first-order valence-corrected chi connectivity index (χ1v) is 7.76. The van der Waals surface area contributed by atoms with Crippen molar-refractivity contribution >= 4 is 22.7 Å². The molecule has 3 nitrogen and oxygen atoms in total. The Labute approximate surface area is 123 Å². The minimum atomic E-state index is 0.0466. The van der Waals surface area contributed by atoms with Crippen LogP contribution in [-0.2, 0) is 0 Å². The molecule has 0 aliphatic carbocycles. The summed E-state index contributed by atoms with van der Waals surface area (Å²) in [6.07, 6.45) is 2.15. The highest BCUT2D eigenvalue weighted by Gasteiger charge is 2.13. The lowest BCUT2D eigenvalue weighted by atomic mass is 10.2. The number of thioether (sulfide) groups is 1. The van der Waals surface area contributed by atoms with E-state index >= 15 is 0 Å². The van der Waals surface area contributed by atoms with E-state index < -0.39 is 0 Å². The van der Waals surface area contributed by atoms with Crippen molar-refractivity contribution in [1.82, 2.24) is 9.55 Å². The Bertz CT molecular complexity index is 697. The molecule has 0 amide bonds. The summed E-state index contributed by atoms with van der Waals surface area (Å²) in [5, 5.41) is 1.48. The second kappa shape index (κ2) is 6.27. The van der Waals surface area contributed by atoms with Gasteiger partial charge in [-0.25, -0.2) is 4.98 Å². The van der Waals surface area contributed by atoms with Gasteiger partial charge in [0, 0.05) is 11.8 Å². The third kappa shape index (κ3) is 3.12. The molecule has 0 saturated heterocycles. The number of para-hydroxylation sites is 1. The van der Waals surface area contributed by atoms with Crippen LogP contribution in [-0.4, -0.2) is 15.3 Å². The highest BCUT2D eigenvalue weighted by molar-refractivity contribution is 7.99. The molecule has 20 heavy (non-hydrogen) atoms. The number of fused-ring (bicyclic) bond motifs is 1. The Kier molecular flexibility index (Phi) is 4.65. The summed E-state index contributed by atoms with van der Waals surface area (Å²) in [5.41, 5.74) is 2.09. The van der Waals surface area contributed by atoms with E-state index in [4.69, 9.17) is 0 Å². The summed E-state index contributed by atoms with van der Waals surface area (Å²) in [6, 6.07) is 7.64. The quantitative estimate of drug-likeness (QED) is 0.484. The zero-order valence-electron chi connectivity index (χ0n) is 12.4. The first-order valence-electron chi connectivity index (χ1n) is 6.78. The van der Waals surface area contributed by atoms with Crippen molar-refractivity contribution in [3.63, 3.8) is 0 Å². The highest BCUT2D eigenvalue weighted by Crippen LogP contribution is 2.21. The molecule has 0 aliphatic heterocycles. The molecule has 0 aliphatic rings. The molecule has 1 heterocycles. The van der Waals surface area contributed by atoms with Gasteiger partial charge in [0.2, 0.25) is 0 Å². The molecule has 2 rings (SSSR count). The molecule has 0 unspecified atom stereocenters. The van der Waals surface area contributed by atoms with Crippen molar-refractivity contribution in [1.29, 1.82) is 0 Å². The number of nitrogens with zero attached hydrogens (tertiary/aromatic N) is 2. The van der Waals surface area contributed by atoms with Gasteiger partial charge in [-0.2, -0.15) is 0 Å². The fourth-order valence-corrected chi connectivity index (χ4v) is 3.13. The number of allylic oxidation sites excluding steroid dienone is 1. The molecule has 1 aromatic carbocycles. The topological polar surface area (TPSA) is 34.9 Å². The number of hydrogen-bond acceptors (Lipinski definition) is 3. The molecule has 0 atom stereocenters.